The zero-order valence-electron chi connectivity index (χ0n) is 7.59. The summed E-state index contributed by atoms with van der Waals surface area (Å²) in [6.45, 7) is -0.419. The summed E-state index contributed by atoms with van der Waals surface area (Å²) in [7, 11) is -3.69. The number of rotatable bonds is 2. The van der Waals surface area contributed by atoms with Crippen LogP contribution in [0.2, 0.25) is 0 Å². The Labute approximate surface area is 103 Å². The quantitative estimate of drug-likeness (QED) is 0.155. The van der Waals surface area contributed by atoms with Gasteiger partial charge in [0, 0.05) is 0 Å². The van der Waals surface area contributed by atoms with Gasteiger partial charge in [0.15, 0.2) is 16.2 Å². The van der Waals surface area contributed by atoms with Gasteiger partial charge in [-0.2, -0.15) is 0 Å². The summed E-state index contributed by atoms with van der Waals surface area (Å²) in [4.78, 5) is 21.6. The SMILES string of the molecule is COC(=O)C1CN(S(=O)(=O)[O-])C1=O.[Na+]. The van der Waals surface area contributed by atoms with E-state index in [0.29, 0.717) is 0 Å². The van der Waals surface area contributed by atoms with Crippen LogP contribution in [0.1, 0.15) is 0 Å². The van der Waals surface area contributed by atoms with Crippen molar-refractivity contribution < 1.29 is 56.9 Å². The fourth-order valence-electron chi connectivity index (χ4n) is 0.914. The molecule has 9 heteroatoms. The zero-order chi connectivity index (χ0) is 10.2. The standard InChI is InChI=1S/C5H7NO6S.Na/c1-12-5(8)3-2-6(4(3)7)13(9,10)11;/h3H,2H2,1H3,(H,9,10,11);/q;+1/p-1. The second-order valence-electron chi connectivity index (χ2n) is 2.40. The summed E-state index contributed by atoms with van der Waals surface area (Å²) < 4.78 is 35.1. The molecule has 74 valence electrons. The van der Waals surface area contributed by atoms with E-state index < -0.39 is 34.6 Å². The second kappa shape index (κ2) is 4.58. The van der Waals surface area contributed by atoms with Crippen LogP contribution in [-0.2, 0) is 24.6 Å². The number of esters is 1. The normalized spacial score (nSPS) is 20.9. The molecule has 0 aromatic carbocycles. The molecule has 0 aliphatic carbocycles. The first kappa shape index (κ1) is 13.8. The Balaban J connectivity index is 0.00000169. The Morgan fingerprint density at radius 2 is 2.14 bits per heavy atom. The molecule has 0 spiro atoms. The third kappa shape index (κ3) is 2.45. The predicted octanol–water partition coefficient (Wildman–Crippen LogP) is -4.92. The minimum absolute atomic E-state index is 0. The molecule has 1 amide bonds. The number of nitrogens with zero attached hydrogens (tertiary/aromatic N) is 1. The molecule has 0 aromatic heterocycles. The average molecular weight is 231 g/mol. The van der Waals surface area contributed by atoms with Crippen molar-refractivity contribution in [2.75, 3.05) is 13.7 Å². The number of hydrogen-bond donors (Lipinski definition) is 0. The van der Waals surface area contributed by atoms with E-state index in [1.54, 1.807) is 0 Å². The van der Waals surface area contributed by atoms with E-state index in [0.717, 1.165) is 7.11 Å². The molecule has 1 saturated heterocycles. The van der Waals surface area contributed by atoms with Gasteiger partial charge in [0.25, 0.3) is 5.91 Å². The number of carbonyl (C=O) groups is 2. The summed E-state index contributed by atoms with van der Waals surface area (Å²) in [6.07, 6.45) is 0. The molecule has 0 aromatic rings. The second-order valence-corrected chi connectivity index (χ2v) is 3.70. The minimum atomic E-state index is -4.76. The van der Waals surface area contributed by atoms with Crippen LogP contribution in [0.15, 0.2) is 0 Å². The fourth-order valence-corrected chi connectivity index (χ4v) is 1.59. The molecular weight excluding hydrogens is 225 g/mol. The van der Waals surface area contributed by atoms with Crippen LogP contribution in [0.5, 0.6) is 0 Å². The molecule has 0 saturated carbocycles. The first-order valence-corrected chi connectivity index (χ1v) is 4.59. The van der Waals surface area contributed by atoms with Crippen LogP contribution >= 0.6 is 0 Å². The van der Waals surface area contributed by atoms with Crippen molar-refractivity contribution in [1.82, 2.24) is 4.31 Å². The minimum Gasteiger partial charge on any atom is -0.731 e. The van der Waals surface area contributed by atoms with Gasteiger partial charge >= 0.3 is 35.5 Å². The summed E-state index contributed by atoms with van der Waals surface area (Å²) >= 11 is 0. The van der Waals surface area contributed by atoms with Gasteiger partial charge < -0.3 is 9.29 Å². The molecule has 1 fully saturated rings. The Kier molecular flexibility index (Phi) is 4.53. The van der Waals surface area contributed by atoms with E-state index in [1.807, 2.05) is 0 Å². The number of ether oxygens (including phenoxy) is 1. The molecule has 0 N–H and O–H groups in total. The molecule has 1 heterocycles. The first-order valence-electron chi connectivity index (χ1n) is 3.23. The van der Waals surface area contributed by atoms with Crippen LogP contribution < -0.4 is 29.6 Å². The van der Waals surface area contributed by atoms with Gasteiger partial charge in [-0.05, 0) is 0 Å². The van der Waals surface area contributed by atoms with Crippen LogP contribution in [0.25, 0.3) is 0 Å². The Bertz CT molecular complexity index is 351. The van der Waals surface area contributed by atoms with Gasteiger partial charge in [-0.15, -0.1) is 0 Å². The molecule has 14 heavy (non-hydrogen) atoms. The van der Waals surface area contributed by atoms with E-state index in [9.17, 15) is 22.6 Å². The first-order chi connectivity index (χ1) is 5.88. The van der Waals surface area contributed by atoms with Gasteiger partial charge in [0.1, 0.15) is 0 Å². The molecule has 0 radical (unpaired) electrons. The molecule has 1 rings (SSSR count). The maximum atomic E-state index is 10.9. The smallest absolute Gasteiger partial charge is 0.731 e. The molecule has 1 aliphatic heterocycles. The van der Waals surface area contributed by atoms with Crippen molar-refractivity contribution in [3.63, 3.8) is 0 Å². The van der Waals surface area contributed by atoms with E-state index in [2.05, 4.69) is 4.74 Å². The summed E-state index contributed by atoms with van der Waals surface area (Å²) in [5.41, 5.74) is 0. The van der Waals surface area contributed by atoms with Gasteiger partial charge in [-0.25, -0.2) is 12.7 Å². The molecular formula is C5H6NNaO6S. The van der Waals surface area contributed by atoms with Gasteiger partial charge in [0.05, 0.1) is 13.7 Å². The van der Waals surface area contributed by atoms with Crippen LogP contribution in [-0.4, -0.2) is 42.8 Å². The maximum Gasteiger partial charge on any atom is 1.00 e. The monoisotopic (exact) mass is 231 g/mol. The van der Waals surface area contributed by atoms with Crippen molar-refractivity contribution in [2.24, 2.45) is 5.92 Å². The molecule has 1 atom stereocenters. The van der Waals surface area contributed by atoms with Crippen molar-refractivity contribution >= 4 is 22.2 Å². The molecule has 1 aliphatic rings. The van der Waals surface area contributed by atoms with Crippen molar-refractivity contribution in [1.29, 1.82) is 0 Å². The number of hydrogen-bond acceptors (Lipinski definition) is 6. The van der Waals surface area contributed by atoms with Crippen molar-refractivity contribution in [2.45, 2.75) is 0 Å². The van der Waals surface area contributed by atoms with E-state index >= 15 is 0 Å². The predicted molar refractivity (Wildman–Crippen MR) is 36.9 cm³/mol. The average Bonchev–Trinajstić information content (AvgIpc) is 1.98. The number of β-lactam (4-membered cyclic amide) rings is 1. The van der Waals surface area contributed by atoms with Crippen molar-refractivity contribution in [3.05, 3.63) is 0 Å². The largest absolute Gasteiger partial charge is 1.00 e. The van der Waals surface area contributed by atoms with E-state index in [4.69, 9.17) is 0 Å². The molecule has 0 bridgehead atoms. The van der Waals surface area contributed by atoms with Crippen molar-refractivity contribution in [3.8, 4) is 0 Å². The summed E-state index contributed by atoms with van der Waals surface area (Å²) in [5.74, 6) is -3.00. The summed E-state index contributed by atoms with van der Waals surface area (Å²) in [6, 6.07) is 0. The Hall–Kier alpha value is -0.150. The van der Waals surface area contributed by atoms with Gasteiger partial charge in [0.2, 0.25) is 0 Å². The van der Waals surface area contributed by atoms with Gasteiger partial charge in [-0.3, -0.25) is 9.59 Å². The molecule has 7 nitrogen and oxygen atoms in total. The maximum absolute atomic E-state index is 10.9. The third-order valence-electron chi connectivity index (χ3n) is 1.65. The number of methoxy groups -OCH3 is 1. The van der Waals surface area contributed by atoms with Crippen LogP contribution in [0.3, 0.4) is 0 Å². The van der Waals surface area contributed by atoms with E-state index in [-0.39, 0.29) is 33.9 Å². The zero-order valence-corrected chi connectivity index (χ0v) is 10.4. The topological polar surface area (TPSA) is 104 Å². The van der Waals surface area contributed by atoms with Crippen LogP contribution in [0, 0.1) is 5.92 Å². The number of amides is 1. The van der Waals surface area contributed by atoms with Gasteiger partial charge in [-0.1, -0.05) is 0 Å². The Morgan fingerprint density at radius 3 is 2.43 bits per heavy atom. The Morgan fingerprint density at radius 1 is 1.64 bits per heavy atom. The fraction of sp³-hybridized carbons (Fsp3) is 0.600. The third-order valence-corrected chi connectivity index (χ3v) is 2.52. The molecule has 1 unspecified atom stereocenters. The van der Waals surface area contributed by atoms with E-state index in [1.165, 1.54) is 0 Å². The van der Waals surface area contributed by atoms with Crippen LogP contribution in [0.4, 0.5) is 0 Å². The number of carbonyl (C=O) groups excluding carboxylic acids is 2. The summed E-state index contributed by atoms with van der Waals surface area (Å²) in [5, 5.41) is 0.